The Labute approximate surface area is 137 Å². The summed E-state index contributed by atoms with van der Waals surface area (Å²) in [4.78, 5) is 12.0. The van der Waals surface area contributed by atoms with Crippen LogP contribution in [-0.2, 0) is 4.79 Å². The Balaban J connectivity index is 1.41. The number of hydrogen-bond donors (Lipinski definition) is 1. The molecule has 0 aliphatic heterocycles. The summed E-state index contributed by atoms with van der Waals surface area (Å²) < 4.78 is 15.7. The van der Waals surface area contributed by atoms with E-state index in [0.717, 1.165) is 23.8 Å². The van der Waals surface area contributed by atoms with Gasteiger partial charge >= 0.3 is 0 Å². The fraction of sp³-hybridized carbons (Fsp3) is 0.438. The van der Waals surface area contributed by atoms with E-state index in [1.807, 2.05) is 0 Å². The predicted octanol–water partition coefficient (Wildman–Crippen LogP) is 3.36. The summed E-state index contributed by atoms with van der Waals surface area (Å²) in [5, 5.41) is 12.0. The van der Waals surface area contributed by atoms with Crippen molar-refractivity contribution in [3.63, 3.8) is 0 Å². The maximum atomic E-state index is 13.5. The van der Waals surface area contributed by atoms with Crippen molar-refractivity contribution in [3.05, 3.63) is 35.9 Å². The zero-order valence-corrected chi connectivity index (χ0v) is 13.4. The van der Waals surface area contributed by atoms with Crippen molar-refractivity contribution in [3.8, 4) is 0 Å². The Bertz CT molecular complexity index is 739. The molecule has 2 aliphatic rings. The quantitative estimate of drug-likeness (QED) is 0.824. The zero-order valence-electron chi connectivity index (χ0n) is 12.5. The lowest BCUT2D eigenvalue weighted by Gasteiger charge is -2.08. The van der Waals surface area contributed by atoms with Gasteiger partial charge in [-0.05, 0) is 37.8 Å². The van der Waals surface area contributed by atoms with Crippen LogP contribution in [0.3, 0.4) is 0 Å². The SMILES string of the molecule is O=C(CSc1nnc(C2CC2)n1C1CC1)Nc1ccccc1F. The van der Waals surface area contributed by atoms with E-state index in [0.29, 0.717) is 12.0 Å². The molecule has 120 valence electrons. The lowest BCUT2D eigenvalue weighted by Crippen LogP contribution is -2.15. The van der Waals surface area contributed by atoms with Gasteiger partial charge in [-0.3, -0.25) is 4.79 Å². The van der Waals surface area contributed by atoms with Crippen molar-refractivity contribution in [1.29, 1.82) is 0 Å². The number of para-hydroxylation sites is 1. The van der Waals surface area contributed by atoms with Gasteiger partial charge in [0.25, 0.3) is 0 Å². The van der Waals surface area contributed by atoms with Crippen molar-refractivity contribution in [2.75, 3.05) is 11.1 Å². The molecule has 7 heteroatoms. The molecule has 4 rings (SSSR count). The topological polar surface area (TPSA) is 59.8 Å². The first-order valence-electron chi connectivity index (χ1n) is 7.84. The van der Waals surface area contributed by atoms with Gasteiger partial charge in [-0.15, -0.1) is 10.2 Å². The first-order valence-corrected chi connectivity index (χ1v) is 8.83. The molecule has 0 radical (unpaired) electrons. The summed E-state index contributed by atoms with van der Waals surface area (Å²) in [5.41, 5.74) is 0.209. The monoisotopic (exact) mass is 332 g/mol. The second-order valence-corrected chi connectivity index (χ2v) is 6.98. The molecule has 5 nitrogen and oxygen atoms in total. The first kappa shape index (κ1) is 14.7. The van der Waals surface area contributed by atoms with E-state index in [4.69, 9.17) is 0 Å². The van der Waals surface area contributed by atoms with Crippen LogP contribution in [0.2, 0.25) is 0 Å². The van der Waals surface area contributed by atoms with Crippen LogP contribution < -0.4 is 5.32 Å². The standard InChI is InChI=1S/C16H17FN4OS/c17-12-3-1-2-4-13(12)18-14(22)9-23-16-20-19-15(10-5-6-10)21(16)11-7-8-11/h1-4,10-11H,5-9H2,(H,18,22). The highest BCUT2D eigenvalue weighted by Gasteiger charge is 2.36. The van der Waals surface area contributed by atoms with Crippen LogP contribution >= 0.6 is 11.8 Å². The molecule has 1 amide bonds. The number of carbonyl (C=O) groups is 1. The Morgan fingerprint density at radius 2 is 2.04 bits per heavy atom. The van der Waals surface area contributed by atoms with Gasteiger partial charge in [0.2, 0.25) is 5.91 Å². The molecule has 1 heterocycles. The van der Waals surface area contributed by atoms with Gasteiger partial charge in [-0.1, -0.05) is 23.9 Å². The zero-order chi connectivity index (χ0) is 15.8. The maximum absolute atomic E-state index is 13.5. The van der Waals surface area contributed by atoms with Gasteiger partial charge < -0.3 is 9.88 Å². The Morgan fingerprint density at radius 1 is 1.26 bits per heavy atom. The number of anilines is 1. The molecule has 0 unspecified atom stereocenters. The van der Waals surface area contributed by atoms with E-state index in [-0.39, 0.29) is 17.3 Å². The number of rotatable bonds is 6. The average Bonchev–Trinajstić information content (AvgIpc) is 3.46. The minimum atomic E-state index is -0.428. The largest absolute Gasteiger partial charge is 0.323 e. The Kier molecular flexibility index (Phi) is 3.80. The third kappa shape index (κ3) is 3.24. The van der Waals surface area contributed by atoms with E-state index in [1.165, 1.54) is 30.7 Å². The van der Waals surface area contributed by atoms with E-state index >= 15 is 0 Å². The van der Waals surface area contributed by atoms with Crippen LogP contribution in [0.4, 0.5) is 10.1 Å². The number of nitrogens with one attached hydrogen (secondary N) is 1. The molecule has 0 saturated heterocycles. The molecule has 23 heavy (non-hydrogen) atoms. The predicted molar refractivity (Wildman–Crippen MR) is 86.0 cm³/mol. The highest BCUT2D eigenvalue weighted by Crippen LogP contribution is 2.45. The first-order chi connectivity index (χ1) is 11.2. The molecule has 1 aromatic carbocycles. The summed E-state index contributed by atoms with van der Waals surface area (Å²) >= 11 is 1.37. The average molecular weight is 332 g/mol. The number of halogens is 1. The van der Waals surface area contributed by atoms with Crippen molar-refractivity contribution in [2.45, 2.75) is 42.8 Å². The fourth-order valence-electron chi connectivity index (χ4n) is 2.56. The second-order valence-electron chi connectivity index (χ2n) is 6.03. The molecule has 2 aliphatic carbocycles. The second kappa shape index (κ2) is 5.96. The Morgan fingerprint density at radius 3 is 2.74 bits per heavy atom. The number of aromatic nitrogens is 3. The van der Waals surface area contributed by atoms with E-state index in [9.17, 15) is 9.18 Å². The number of carbonyl (C=O) groups excluding carboxylic acids is 1. The van der Waals surface area contributed by atoms with E-state index in [2.05, 4.69) is 20.1 Å². The number of nitrogens with zero attached hydrogens (tertiary/aromatic N) is 3. The van der Waals surface area contributed by atoms with Crippen LogP contribution in [0.25, 0.3) is 0 Å². The summed E-state index contributed by atoms with van der Waals surface area (Å²) in [7, 11) is 0. The smallest absolute Gasteiger partial charge is 0.234 e. The van der Waals surface area contributed by atoms with Crippen molar-refractivity contribution < 1.29 is 9.18 Å². The van der Waals surface area contributed by atoms with Gasteiger partial charge in [0.05, 0.1) is 11.4 Å². The third-order valence-electron chi connectivity index (χ3n) is 4.03. The van der Waals surface area contributed by atoms with Gasteiger partial charge in [-0.2, -0.15) is 0 Å². The van der Waals surface area contributed by atoms with Crippen LogP contribution in [0.5, 0.6) is 0 Å². The molecule has 2 fully saturated rings. The Hall–Kier alpha value is -1.89. The molecule has 0 atom stereocenters. The maximum Gasteiger partial charge on any atom is 0.234 e. The van der Waals surface area contributed by atoms with Gasteiger partial charge in [0.1, 0.15) is 11.6 Å². The minimum absolute atomic E-state index is 0.198. The molecule has 2 saturated carbocycles. The van der Waals surface area contributed by atoms with Crippen molar-refractivity contribution in [2.24, 2.45) is 0 Å². The number of hydrogen-bond acceptors (Lipinski definition) is 4. The third-order valence-corrected chi connectivity index (χ3v) is 4.97. The van der Waals surface area contributed by atoms with Crippen LogP contribution in [0.1, 0.15) is 43.5 Å². The fourth-order valence-corrected chi connectivity index (χ4v) is 3.37. The van der Waals surface area contributed by atoms with E-state index < -0.39 is 5.82 Å². The van der Waals surface area contributed by atoms with Gasteiger partial charge in [0.15, 0.2) is 5.16 Å². The summed E-state index contributed by atoms with van der Waals surface area (Å²) in [6, 6.07) is 6.66. The van der Waals surface area contributed by atoms with Crippen LogP contribution in [0, 0.1) is 5.82 Å². The lowest BCUT2D eigenvalue weighted by atomic mass is 10.3. The van der Waals surface area contributed by atoms with Crippen molar-refractivity contribution >= 4 is 23.4 Å². The molecule has 0 spiro atoms. The molecular weight excluding hydrogens is 315 g/mol. The van der Waals surface area contributed by atoms with Crippen LogP contribution in [-0.4, -0.2) is 26.4 Å². The highest BCUT2D eigenvalue weighted by molar-refractivity contribution is 7.99. The number of benzene rings is 1. The molecule has 1 N–H and O–H groups in total. The lowest BCUT2D eigenvalue weighted by molar-refractivity contribution is -0.113. The van der Waals surface area contributed by atoms with Crippen LogP contribution in [0.15, 0.2) is 29.4 Å². The number of thioether (sulfide) groups is 1. The molecule has 1 aromatic heterocycles. The van der Waals surface area contributed by atoms with E-state index in [1.54, 1.807) is 18.2 Å². The summed E-state index contributed by atoms with van der Waals surface area (Å²) in [6.07, 6.45) is 4.69. The minimum Gasteiger partial charge on any atom is -0.323 e. The van der Waals surface area contributed by atoms with Gasteiger partial charge in [-0.25, -0.2) is 4.39 Å². The number of amides is 1. The summed E-state index contributed by atoms with van der Waals surface area (Å²) in [6.45, 7) is 0. The van der Waals surface area contributed by atoms with Crippen molar-refractivity contribution in [1.82, 2.24) is 14.8 Å². The molecule has 2 aromatic rings. The normalized spacial score (nSPS) is 17.3. The van der Waals surface area contributed by atoms with Gasteiger partial charge in [0, 0.05) is 12.0 Å². The highest BCUT2D eigenvalue weighted by atomic mass is 32.2. The summed E-state index contributed by atoms with van der Waals surface area (Å²) in [5.74, 6) is 1.15. The molecule has 0 bridgehead atoms. The molecular formula is C16H17FN4OS.